The summed E-state index contributed by atoms with van der Waals surface area (Å²) in [4.78, 5) is 11.1. The van der Waals surface area contributed by atoms with Crippen LogP contribution in [0.25, 0.3) is 0 Å². The lowest BCUT2D eigenvalue weighted by molar-refractivity contribution is -0.147. The van der Waals surface area contributed by atoms with Crippen LogP contribution in [0.15, 0.2) is 24.3 Å². The monoisotopic (exact) mass is 206 g/mol. The zero-order valence-electron chi connectivity index (χ0n) is 8.64. The molecule has 1 aliphatic carbocycles. The van der Waals surface area contributed by atoms with E-state index in [1.54, 1.807) is 7.11 Å². The van der Waals surface area contributed by atoms with Gasteiger partial charge >= 0.3 is 5.97 Å². The lowest BCUT2D eigenvalue weighted by Crippen LogP contribution is -2.28. The van der Waals surface area contributed by atoms with Crippen LogP contribution in [0.5, 0.6) is 0 Å². The molecule has 0 saturated carbocycles. The molecule has 3 heteroatoms. The lowest BCUT2D eigenvalue weighted by atomic mass is 9.81. The number of aryl methyl sites for hydroxylation is 1. The molecule has 2 unspecified atom stereocenters. The van der Waals surface area contributed by atoms with Crippen molar-refractivity contribution < 1.29 is 14.6 Å². The Kier molecular flexibility index (Phi) is 2.73. The summed E-state index contributed by atoms with van der Waals surface area (Å²) in [6.07, 6.45) is 1.19. The highest BCUT2D eigenvalue weighted by Gasteiger charge is 2.34. The minimum Gasteiger partial charge on any atom is -0.481 e. The van der Waals surface area contributed by atoms with E-state index >= 15 is 0 Å². The Morgan fingerprint density at radius 1 is 1.47 bits per heavy atom. The van der Waals surface area contributed by atoms with Gasteiger partial charge in [-0.1, -0.05) is 24.3 Å². The average Bonchev–Trinajstić information content (AvgIpc) is 2.27. The van der Waals surface area contributed by atoms with E-state index in [4.69, 9.17) is 9.84 Å². The molecule has 1 N–H and O–H groups in total. The second-order valence-corrected chi connectivity index (χ2v) is 3.84. The van der Waals surface area contributed by atoms with Gasteiger partial charge in [0.05, 0.1) is 12.0 Å². The van der Waals surface area contributed by atoms with Gasteiger partial charge in [0.15, 0.2) is 0 Å². The van der Waals surface area contributed by atoms with Crippen LogP contribution < -0.4 is 0 Å². The van der Waals surface area contributed by atoms with E-state index in [0.717, 1.165) is 12.0 Å². The number of carboxylic acids is 1. The van der Waals surface area contributed by atoms with Crippen LogP contribution in [0.3, 0.4) is 0 Å². The van der Waals surface area contributed by atoms with Crippen molar-refractivity contribution in [1.82, 2.24) is 0 Å². The Labute approximate surface area is 88.7 Å². The average molecular weight is 206 g/mol. The Morgan fingerprint density at radius 2 is 2.20 bits per heavy atom. The number of carboxylic acid groups (broad SMARTS) is 1. The first-order valence-electron chi connectivity index (χ1n) is 5.07. The molecule has 0 bridgehead atoms. The Bertz CT molecular complexity index is 373. The third-order valence-electron chi connectivity index (χ3n) is 3.02. The molecule has 1 aromatic rings. The molecule has 1 aliphatic rings. The highest BCUT2D eigenvalue weighted by atomic mass is 16.5. The highest BCUT2D eigenvalue weighted by Crippen LogP contribution is 2.36. The smallest absolute Gasteiger partial charge is 0.309 e. The summed E-state index contributed by atoms with van der Waals surface area (Å²) in [5.41, 5.74) is 2.24. The van der Waals surface area contributed by atoms with Gasteiger partial charge in [-0.2, -0.15) is 0 Å². The van der Waals surface area contributed by atoms with Crippen molar-refractivity contribution in [3.8, 4) is 0 Å². The number of carbonyl (C=O) groups is 1. The zero-order chi connectivity index (χ0) is 10.8. The van der Waals surface area contributed by atoms with Crippen LogP contribution in [0.2, 0.25) is 0 Å². The minimum absolute atomic E-state index is 0.299. The van der Waals surface area contributed by atoms with Crippen molar-refractivity contribution in [2.75, 3.05) is 7.11 Å². The summed E-state index contributed by atoms with van der Waals surface area (Å²) in [6, 6.07) is 7.90. The molecule has 0 radical (unpaired) electrons. The van der Waals surface area contributed by atoms with Crippen LogP contribution in [0, 0.1) is 5.92 Å². The predicted octanol–water partition coefficient (Wildman–Crippen LogP) is 2.02. The summed E-state index contributed by atoms with van der Waals surface area (Å²) in [5, 5.41) is 9.09. The zero-order valence-corrected chi connectivity index (χ0v) is 8.64. The van der Waals surface area contributed by atoms with Gasteiger partial charge in [0, 0.05) is 7.11 Å². The molecule has 0 fully saturated rings. The summed E-state index contributed by atoms with van der Waals surface area (Å²) in [5.74, 6) is -1.18. The summed E-state index contributed by atoms with van der Waals surface area (Å²) >= 11 is 0. The molecule has 2 atom stereocenters. The Balaban J connectivity index is 2.38. The third kappa shape index (κ3) is 1.75. The van der Waals surface area contributed by atoms with Gasteiger partial charge in [-0.25, -0.2) is 0 Å². The fraction of sp³-hybridized carbons (Fsp3) is 0.417. The van der Waals surface area contributed by atoms with E-state index < -0.39 is 11.9 Å². The molecule has 3 nitrogen and oxygen atoms in total. The van der Waals surface area contributed by atoms with Crippen LogP contribution in [-0.4, -0.2) is 18.2 Å². The first-order valence-corrected chi connectivity index (χ1v) is 5.07. The van der Waals surface area contributed by atoms with Gasteiger partial charge in [0.25, 0.3) is 0 Å². The number of rotatable bonds is 2. The first kappa shape index (κ1) is 10.2. The van der Waals surface area contributed by atoms with E-state index in [2.05, 4.69) is 0 Å². The van der Waals surface area contributed by atoms with Crippen molar-refractivity contribution in [3.05, 3.63) is 35.4 Å². The molecule has 0 spiro atoms. The van der Waals surface area contributed by atoms with Crippen molar-refractivity contribution in [3.63, 3.8) is 0 Å². The summed E-state index contributed by atoms with van der Waals surface area (Å²) in [6.45, 7) is 0. The van der Waals surface area contributed by atoms with Crippen LogP contribution in [0.1, 0.15) is 23.7 Å². The van der Waals surface area contributed by atoms with E-state index in [9.17, 15) is 4.79 Å². The molecule has 80 valence electrons. The van der Waals surface area contributed by atoms with E-state index in [-0.39, 0.29) is 6.10 Å². The fourth-order valence-corrected chi connectivity index (χ4v) is 2.26. The number of hydrogen-bond acceptors (Lipinski definition) is 2. The fourth-order valence-electron chi connectivity index (χ4n) is 2.26. The quantitative estimate of drug-likeness (QED) is 0.805. The van der Waals surface area contributed by atoms with E-state index in [0.29, 0.717) is 6.42 Å². The van der Waals surface area contributed by atoms with Gasteiger partial charge in [-0.05, 0) is 24.0 Å². The molecular formula is C12H14O3. The van der Waals surface area contributed by atoms with Crippen molar-refractivity contribution in [1.29, 1.82) is 0 Å². The van der Waals surface area contributed by atoms with Gasteiger partial charge in [0.2, 0.25) is 0 Å². The van der Waals surface area contributed by atoms with Crippen LogP contribution >= 0.6 is 0 Å². The largest absolute Gasteiger partial charge is 0.481 e. The van der Waals surface area contributed by atoms with Crippen LogP contribution in [0.4, 0.5) is 0 Å². The maximum atomic E-state index is 11.1. The molecule has 15 heavy (non-hydrogen) atoms. The Hall–Kier alpha value is -1.35. The maximum absolute atomic E-state index is 11.1. The molecule has 0 saturated heterocycles. The maximum Gasteiger partial charge on any atom is 0.309 e. The number of fused-ring (bicyclic) bond motifs is 1. The van der Waals surface area contributed by atoms with E-state index in [1.807, 2.05) is 24.3 Å². The van der Waals surface area contributed by atoms with Gasteiger partial charge in [-0.15, -0.1) is 0 Å². The second kappa shape index (κ2) is 4.03. The Morgan fingerprint density at radius 3 is 2.87 bits per heavy atom. The summed E-state index contributed by atoms with van der Waals surface area (Å²) in [7, 11) is 1.57. The molecule has 0 aromatic heterocycles. The number of ether oxygens (including phenoxy) is 1. The topological polar surface area (TPSA) is 46.5 Å². The van der Waals surface area contributed by atoms with Crippen LogP contribution in [-0.2, 0) is 16.0 Å². The van der Waals surface area contributed by atoms with Gasteiger partial charge < -0.3 is 9.84 Å². The van der Waals surface area contributed by atoms with Crippen molar-refractivity contribution in [2.24, 2.45) is 5.92 Å². The minimum atomic E-state index is -0.767. The summed E-state index contributed by atoms with van der Waals surface area (Å²) < 4.78 is 5.31. The first-order chi connectivity index (χ1) is 7.24. The SMILES string of the molecule is COC1c2ccccc2CCC1C(=O)O. The van der Waals surface area contributed by atoms with E-state index in [1.165, 1.54) is 5.56 Å². The number of methoxy groups -OCH3 is 1. The van der Waals surface area contributed by atoms with Crippen molar-refractivity contribution in [2.45, 2.75) is 18.9 Å². The van der Waals surface area contributed by atoms with Gasteiger partial charge in [0.1, 0.15) is 0 Å². The standard InChI is InChI=1S/C12H14O3/c1-15-11-9-5-3-2-4-8(9)6-7-10(11)12(13)14/h2-5,10-11H,6-7H2,1H3,(H,13,14). The number of hydrogen-bond donors (Lipinski definition) is 1. The molecule has 0 aliphatic heterocycles. The van der Waals surface area contributed by atoms with Gasteiger partial charge in [-0.3, -0.25) is 4.79 Å². The molecular weight excluding hydrogens is 192 g/mol. The lowest BCUT2D eigenvalue weighted by Gasteiger charge is -2.29. The normalized spacial score (nSPS) is 24.6. The second-order valence-electron chi connectivity index (χ2n) is 3.84. The predicted molar refractivity (Wildman–Crippen MR) is 55.6 cm³/mol. The number of benzene rings is 1. The molecule has 1 aromatic carbocycles. The van der Waals surface area contributed by atoms with Crippen molar-refractivity contribution >= 4 is 5.97 Å². The molecule has 2 rings (SSSR count). The third-order valence-corrected chi connectivity index (χ3v) is 3.02. The molecule has 0 amide bonds. The number of aliphatic carboxylic acids is 1. The molecule has 0 heterocycles. The highest BCUT2D eigenvalue weighted by molar-refractivity contribution is 5.71.